The Morgan fingerprint density at radius 1 is 1.07 bits per heavy atom. The van der Waals surface area contributed by atoms with E-state index in [-0.39, 0.29) is 23.9 Å². The summed E-state index contributed by atoms with van der Waals surface area (Å²) in [5.41, 5.74) is 8.06. The van der Waals surface area contributed by atoms with Gasteiger partial charge in [-0.15, -0.1) is 11.3 Å². The molecule has 154 valence electrons. The van der Waals surface area contributed by atoms with Crippen LogP contribution in [0.15, 0.2) is 66.0 Å². The van der Waals surface area contributed by atoms with Crippen molar-refractivity contribution in [2.24, 2.45) is 0 Å². The highest BCUT2D eigenvalue weighted by Crippen LogP contribution is 2.26. The van der Waals surface area contributed by atoms with Gasteiger partial charge in [0, 0.05) is 22.7 Å². The van der Waals surface area contributed by atoms with E-state index in [1.165, 1.54) is 29.1 Å². The highest BCUT2D eigenvalue weighted by Gasteiger charge is 2.30. The van der Waals surface area contributed by atoms with Crippen LogP contribution < -0.4 is 21.5 Å². The van der Waals surface area contributed by atoms with E-state index in [1.807, 2.05) is 23.6 Å². The largest absolute Gasteiger partial charge is 0.351 e. The van der Waals surface area contributed by atoms with Gasteiger partial charge < -0.3 is 10.6 Å². The lowest BCUT2D eigenvalue weighted by molar-refractivity contribution is -0.123. The summed E-state index contributed by atoms with van der Waals surface area (Å²) in [6.45, 7) is 0.348. The molecule has 30 heavy (non-hydrogen) atoms. The van der Waals surface area contributed by atoms with Crippen molar-refractivity contribution in [1.82, 2.24) is 16.2 Å². The van der Waals surface area contributed by atoms with Gasteiger partial charge in [0.1, 0.15) is 11.9 Å². The molecule has 1 saturated heterocycles. The van der Waals surface area contributed by atoms with Crippen LogP contribution in [-0.4, -0.2) is 17.9 Å². The molecule has 1 aliphatic rings. The van der Waals surface area contributed by atoms with Crippen LogP contribution in [0.1, 0.15) is 33.3 Å². The smallest absolute Gasteiger partial charge is 0.255 e. The number of anilines is 1. The zero-order valence-electron chi connectivity index (χ0n) is 16.0. The number of amides is 2. The number of hydrogen-bond acceptors (Lipinski definition) is 5. The molecule has 1 aliphatic heterocycles. The van der Waals surface area contributed by atoms with Gasteiger partial charge in [0.2, 0.25) is 5.91 Å². The van der Waals surface area contributed by atoms with Crippen LogP contribution in [0.25, 0.3) is 0 Å². The van der Waals surface area contributed by atoms with E-state index < -0.39 is 5.82 Å². The molecule has 0 bridgehead atoms. The third-order valence-corrected chi connectivity index (χ3v) is 5.85. The molecule has 3 aromatic rings. The average molecular weight is 425 g/mol. The zero-order valence-corrected chi connectivity index (χ0v) is 16.8. The molecule has 1 fully saturated rings. The molecular weight excluding hydrogens is 403 g/mol. The maximum atomic E-state index is 13.0. The third-order valence-electron chi connectivity index (χ3n) is 4.86. The maximum absolute atomic E-state index is 13.0. The minimum absolute atomic E-state index is 0.0812. The number of nitrogens with one attached hydrogen (secondary N) is 4. The molecule has 0 aliphatic carbocycles. The van der Waals surface area contributed by atoms with E-state index in [0.717, 1.165) is 5.56 Å². The molecule has 8 heteroatoms. The molecule has 4 rings (SSSR count). The summed E-state index contributed by atoms with van der Waals surface area (Å²) in [5.74, 6) is -0.794. The zero-order chi connectivity index (χ0) is 20.9. The van der Waals surface area contributed by atoms with Crippen LogP contribution in [0.2, 0.25) is 0 Å². The lowest BCUT2D eigenvalue weighted by atomic mass is 10.1. The molecule has 2 amide bonds. The molecule has 1 aromatic heterocycles. The predicted molar refractivity (Wildman–Crippen MR) is 114 cm³/mol. The summed E-state index contributed by atoms with van der Waals surface area (Å²) in [4.78, 5) is 26.0. The fourth-order valence-corrected chi connectivity index (χ4v) is 4.07. The summed E-state index contributed by atoms with van der Waals surface area (Å²) in [6, 6.07) is 16.5. The van der Waals surface area contributed by atoms with Crippen molar-refractivity contribution in [2.45, 2.75) is 25.0 Å². The molecule has 6 nitrogen and oxygen atoms in total. The Bertz CT molecular complexity index is 1020. The fourth-order valence-electron chi connectivity index (χ4n) is 3.28. The van der Waals surface area contributed by atoms with Crippen molar-refractivity contribution in [3.63, 3.8) is 0 Å². The second kappa shape index (κ2) is 9.17. The van der Waals surface area contributed by atoms with Crippen LogP contribution in [0.3, 0.4) is 0 Å². The van der Waals surface area contributed by atoms with Gasteiger partial charge in [0.15, 0.2) is 0 Å². The fraction of sp³-hybridized carbons (Fsp3) is 0.182. The second-order valence-electron chi connectivity index (χ2n) is 7.02. The Morgan fingerprint density at radius 2 is 1.90 bits per heavy atom. The molecule has 0 spiro atoms. The summed E-state index contributed by atoms with van der Waals surface area (Å²) in [7, 11) is 0. The summed E-state index contributed by atoms with van der Waals surface area (Å²) < 4.78 is 13.0. The predicted octanol–water partition coefficient (Wildman–Crippen LogP) is 3.36. The minimum Gasteiger partial charge on any atom is -0.351 e. The van der Waals surface area contributed by atoms with Gasteiger partial charge in [-0.05, 0) is 59.8 Å². The Labute approximate surface area is 177 Å². The first-order valence-corrected chi connectivity index (χ1v) is 10.4. The Balaban J connectivity index is 1.30. The van der Waals surface area contributed by atoms with Gasteiger partial charge in [-0.2, -0.15) is 0 Å². The first kappa shape index (κ1) is 20.2. The molecular formula is C22H21FN4O2S. The van der Waals surface area contributed by atoms with E-state index in [2.05, 4.69) is 27.6 Å². The van der Waals surface area contributed by atoms with Crippen molar-refractivity contribution >= 4 is 28.8 Å². The monoisotopic (exact) mass is 424 g/mol. The van der Waals surface area contributed by atoms with E-state index in [0.29, 0.717) is 24.2 Å². The molecule has 2 atom stereocenters. The van der Waals surface area contributed by atoms with Gasteiger partial charge in [0.25, 0.3) is 5.91 Å². The number of carbonyl (C=O) groups is 2. The normalized spacial score (nSPS) is 18.2. The molecule has 0 radical (unpaired) electrons. The number of thiophene rings is 1. The summed E-state index contributed by atoms with van der Waals surface area (Å²) in [5, 5.41) is 7.74. The highest BCUT2D eigenvalue weighted by molar-refractivity contribution is 7.10. The van der Waals surface area contributed by atoms with Crippen LogP contribution in [0, 0.1) is 5.82 Å². The van der Waals surface area contributed by atoms with Crippen LogP contribution in [-0.2, 0) is 11.3 Å². The van der Waals surface area contributed by atoms with Gasteiger partial charge in [0.05, 0.1) is 6.04 Å². The van der Waals surface area contributed by atoms with Gasteiger partial charge in [-0.25, -0.2) is 15.2 Å². The number of halogens is 1. The maximum Gasteiger partial charge on any atom is 0.255 e. The third kappa shape index (κ3) is 4.91. The van der Waals surface area contributed by atoms with Crippen LogP contribution in [0.5, 0.6) is 0 Å². The van der Waals surface area contributed by atoms with Crippen molar-refractivity contribution in [3.8, 4) is 0 Å². The summed E-state index contributed by atoms with van der Waals surface area (Å²) >= 11 is 1.66. The number of carbonyl (C=O) groups excluding carboxylic acids is 2. The van der Waals surface area contributed by atoms with E-state index in [9.17, 15) is 14.0 Å². The minimum atomic E-state index is -0.391. The standard InChI is InChI=1S/C22H21FN4O2S/c23-16-8-6-15(7-9-16)21(28)25-17-4-1-3-14(11-17)13-24-22(29)19-12-18(26-27-19)20-5-2-10-30-20/h1-11,18-19,26-27H,12-13H2,(H,24,29)(H,25,28). The number of rotatable bonds is 6. The molecule has 0 saturated carbocycles. The lowest BCUT2D eigenvalue weighted by Gasteiger charge is -2.12. The Morgan fingerprint density at radius 3 is 2.67 bits per heavy atom. The van der Waals surface area contributed by atoms with Gasteiger partial charge in [-0.3, -0.25) is 9.59 Å². The topological polar surface area (TPSA) is 82.3 Å². The van der Waals surface area contributed by atoms with Crippen molar-refractivity contribution in [1.29, 1.82) is 0 Å². The SMILES string of the molecule is O=C(Nc1cccc(CNC(=O)C2CC(c3cccs3)NN2)c1)c1ccc(F)cc1. The molecule has 2 unspecified atom stereocenters. The highest BCUT2D eigenvalue weighted by atomic mass is 32.1. The van der Waals surface area contributed by atoms with Crippen LogP contribution in [0.4, 0.5) is 10.1 Å². The average Bonchev–Trinajstić information content (AvgIpc) is 3.44. The molecule has 4 N–H and O–H groups in total. The first-order valence-electron chi connectivity index (χ1n) is 9.56. The van der Waals surface area contributed by atoms with Crippen molar-refractivity contribution in [3.05, 3.63) is 87.9 Å². The number of hydrogen-bond donors (Lipinski definition) is 4. The van der Waals surface area contributed by atoms with Crippen molar-refractivity contribution < 1.29 is 14.0 Å². The van der Waals surface area contributed by atoms with E-state index in [4.69, 9.17) is 0 Å². The Hall–Kier alpha value is -3.07. The van der Waals surface area contributed by atoms with E-state index in [1.54, 1.807) is 23.5 Å². The quantitative estimate of drug-likeness (QED) is 0.489. The Kier molecular flexibility index (Phi) is 6.18. The number of hydrazine groups is 1. The van der Waals surface area contributed by atoms with Crippen LogP contribution >= 0.6 is 11.3 Å². The van der Waals surface area contributed by atoms with Gasteiger partial charge >= 0.3 is 0 Å². The molecule has 2 heterocycles. The lowest BCUT2D eigenvalue weighted by Crippen LogP contribution is -2.42. The first-order chi connectivity index (χ1) is 14.6. The molecule has 2 aromatic carbocycles. The van der Waals surface area contributed by atoms with E-state index >= 15 is 0 Å². The van der Waals surface area contributed by atoms with Gasteiger partial charge in [-0.1, -0.05) is 18.2 Å². The second-order valence-corrected chi connectivity index (χ2v) is 8.00. The van der Waals surface area contributed by atoms with Crippen molar-refractivity contribution in [2.75, 3.05) is 5.32 Å². The number of benzene rings is 2. The summed E-state index contributed by atoms with van der Waals surface area (Å²) in [6.07, 6.45) is 0.681.